The van der Waals surface area contributed by atoms with Gasteiger partial charge in [-0.3, -0.25) is 0 Å². The van der Waals surface area contributed by atoms with Crippen molar-refractivity contribution in [2.45, 2.75) is 0 Å². The average Bonchev–Trinajstić information content (AvgIpc) is 3.68. The number of rotatable bonds is 1. The molecule has 212 valence electrons. The maximum atomic E-state index is 2.61. The van der Waals surface area contributed by atoms with Crippen molar-refractivity contribution >= 4 is 82.5 Å². The minimum absolute atomic E-state index is 0.0724. The van der Waals surface area contributed by atoms with Crippen molar-refractivity contribution in [3.8, 4) is 27.9 Å². The molecule has 4 heterocycles. The molecule has 0 radical (unpaired) electrons. The first-order chi connectivity index (χ1) is 22.9. The van der Waals surface area contributed by atoms with E-state index in [1.807, 2.05) is 11.3 Å². The molecule has 0 fully saturated rings. The molecule has 0 atom stereocenters. The van der Waals surface area contributed by atoms with Gasteiger partial charge in [0.05, 0.1) is 15.7 Å². The summed E-state index contributed by atoms with van der Waals surface area (Å²) in [5, 5.41) is 5.25. The van der Waals surface area contributed by atoms with Crippen LogP contribution in [0.4, 0.5) is 11.4 Å². The van der Waals surface area contributed by atoms with Crippen molar-refractivity contribution in [1.82, 2.24) is 4.57 Å². The summed E-state index contributed by atoms with van der Waals surface area (Å²) in [5.74, 6) is 0. The van der Waals surface area contributed by atoms with Crippen LogP contribution in [-0.4, -0.2) is 11.4 Å². The number of thiophene rings is 1. The van der Waals surface area contributed by atoms with Crippen molar-refractivity contribution in [2.24, 2.45) is 0 Å². The van der Waals surface area contributed by atoms with Gasteiger partial charge in [0.15, 0.2) is 0 Å². The summed E-state index contributed by atoms with van der Waals surface area (Å²) in [6, 6.07) is 56.1. The Labute approximate surface area is 270 Å². The highest BCUT2D eigenvalue weighted by Gasteiger charge is 2.43. The van der Waals surface area contributed by atoms with Gasteiger partial charge in [-0.15, -0.1) is 11.3 Å². The van der Waals surface area contributed by atoms with Gasteiger partial charge in [0.1, 0.15) is 0 Å². The first-order valence-electron chi connectivity index (χ1n) is 15.9. The molecule has 0 amide bonds. The first-order valence-corrected chi connectivity index (χ1v) is 16.7. The van der Waals surface area contributed by atoms with Crippen molar-refractivity contribution in [1.29, 1.82) is 0 Å². The number of hydrogen-bond donors (Lipinski definition) is 0. The van der Waals surface area contributed by atoms with E-state index in [9.17, 15) is 0 Å². The van der Waals surface area contributed by atoms with Crippen LogP contribution in [0.2, 0.25) is 0 Å². The van der Waals surface area contributed by atoms with Gasteiger partial charge in [0.2, 0.25) is 0 Å². The Kier molecular flexibility index (Phi) is 4.83. The van der Waals surface area contributed by atoms with E-state index in [-0.39, 0.29) is 6.85 Å². The van der Waals surface area contributed by atoms with E-state index in [2.05, 4.69) is 161 Å². The van der Waals surface area contributed by atoms with Gasteiger partial charge in [-0.1, -0.05) is 121 Å². The molecule has 2 aliphatic rings. The fourth-order valence-corrected chi connectivity index (χ4v) is 9.76. The van der Waals surface area contributed by atoms with Gasteiger partial charge in [0.25, 0.3) is 0 Å². The molecule has 2 aromatic heterocycles. The van der Waals surface area contributed by atoms with Crippen molar-refractivity contribution in [2.75, 3.05) is 4.81 Å². The van der Waals surface area contributed by atoms with E-state index in [4.69, 9.17) is 0 Å². The van der Waals surface area contributed by atoms with Crippen LogP contribution in [0.5, 0.6) is 0 Å². The van der Waals surface area contributed by atoms with Crippen LogP contribution in [-0.2, 0) is 0 Å². The second-order valence-corrected chi connectivity index (χ2v) is 13.4. The SMILES string of the molecule is c1ccc(-n2c3ccccc3c3ccc4c5ccc6c(c5sc4c32)B2c3ccccc3-c3ccccc3N2c2ccccc2-6)cc1. The van der Waals surface area contributed by atoms with Gasteiger partial charge < -0.3 is 9.38 Å². The standard InChI is InChI=1S/C42H25BN2S/c1-2-12-26(13-3-1)44-36-19-9-5-17-30(36)32-23-25-34-33-24-22-31-29-16-7-11-21-38(29)45-37-20-10-6-15-28(37)27-14-4-8-18-35(27)43(45)39(31)41(33)46-42(34)40(32)44/h1-25H. The van der Waals surface area contributed by atoms with E-state index < -0.39 is 0 Å². The van der Waals surface area contributed by atoms with Crippen LogP contribution in [0.25, 0.3) is 69.9 Å². The second kappa shape index (κ2) is 9.00. The molecule has 2 aliphatic heterocycles. The number of nitrogens with zero attached hydrogens (tertiary/aromatic N) is 2. The van der Waals surface area contributed by atoms with Crippen LogP contribution in [0.1, 0.15) is 0 Å². The van der Waals surface area contributed by atoms with E-state index in [1.165, 1.54) is 92.2 Å². The molecule has 9 aromatic rings. The summed E-state index contributed by atoms with van der Waals surface area (Å²) in [6.45, 7) is 0.0724. The number of hydrogen-bond acceptors (Lipinski definition) is 2. The number of fused-ring (bicyclic) bond motifs is 19. The van der Waals surface area contributed by atoms with Gasteiger partial charge in [-0.05, 0) is 57.8 Å². The van der Waals surface area contributed by atoms with E-state index in [0.717, 1.165) is 0 Å². The fourth-order valence-electron chi connectivity index (χ4n) is 8.35. The summed E-state index contributed by atoms with van der Waals surface area (Å²) in [6.07, 6.45) is 0. The zero-order valence-corrected chi connectivity index (χ0v) is 25.6. The Balaban J connectivity index is 1.31. The Morgan fingerprint density at radius 1 is 0.435 bits per heavy atom. The summed E-state index contributed by atoms with van der Waals surface area (Å²) >= 11 is 1.97. The second-order valence-electron chi connectivity index (χ2n) is 12.4. The quantitative estimate of drug-likeness (QED) is 0.170. The minimum atomic E-state index is 0.0724. The lowest BCUT2D eigenvalue weighted by Gasteiger charge is -2.43. The van der Waals surface area contributed by atoms with Gasteiger partial charge in [0, 0.05) is 49.0 Å². The zero-order chi connectivity index (χ0) is 29.9. The molecule has 0 spiro atoms. The lowest BCUT2D eigenvalue weighted by molar-refractivity contribution is 1.19. The molecule has 2 nitrogen and oxygen atoms in total. The molecule has 0 unspecified atom stereocenters. The third kappa shape index (κ3) is 3.07. The summed E-state index contributed by atoms with van der Waals surface area (Å²) in [5.41, 5.74) is 14.3. The maximum Gasteiger partial charge on any atom is 0.330 e. The summed E-state index contributed by atoms with van der Waals surface area (Å²) in [7, 11) is 0. The summed E-state index contributed by atoms with van der Waals surface area (Å²) < 4.78 is 5.20. The molecule has 0 saturated heterocycles. The topological polar surface area (TPSA) is 8.17 Å². The normalized spacial score (nSPS) is 13.1. The molecule has 0 bridgehead atoms. The summed E-state index contributed by atoms with van der Waals surface area (Å²) in [4.78, 5) is 2.61. The Morgan fingerprint density at radius 3 is 1.87 bits per heavy atom. The predicted molar refractivity (Wildman–Crippen MR) is 198 cm³/mol. The monoisotopic (exact) mass is 600 g/mol. The van der Waals surface area contributed by atoms with Crippen LogP contribution in [0.15, 0.2) is 152 Å². The lowest BCUT2D eigenvalue weighted by atomic mass is 9.43. The molecule has 7 aromatic carbocycles. The van der Waals surface area contributed by atoms with E-state index >= 15 is 0 Å². The number of benzene rings is 7. The molecule has 0 aliphatic carbocycles. The fraction of sp³-hybridized carbons (Fsp3) is 0. The van der Waals surface area contributed by atoms with Crippen molar-refractivity contribution < 1.29 is 0 Å². The number of anilines is 2. The molecule has 46 heavy (non-hydrogen) atoms. The van der Waals surface area contributed by atoms with Crippen LogP contribution in [0.3, 0.4) is 0 Å². The molecule has 0 N–H and O–H groups in total. The largest absolute Gasteiger partial charge is 0.376 e. The molecular weight excluding hydrogens is 575 g/mol. The highest BCUT2D eigenvalue weighted by molar-refractivity contribution is 7.28. The first kappa shape index (κ1) is 24.7. The van der Waals surface area contributed by atoms with Crippen LogP contribution in [0, 0.1) is 0 Å². The molecule has 4 heteroatoms. The predicted octanol–water partition coefficient (Wildman–Crippen LogP) is 10.1. The third-order valence-corrected chi connectivity index (χ3v) is 11.5. The van der Waals surface area contributed by atoms with Crippen LogP contribution < -0.4 is 15.7 Å². The Bertz CT molecular complexity index is 2720. The molecule has 0 saturated carbocycles. The third-order valence-electron chi connectivity index (χ3n) is 10.2. The number of para-hydroxylation sites is 4. The highest BCUT2D eigenvalue weighted by atomic mass is 32.1. The minimum Gasteiger partial charge on any atom is -0.376 e. The van der Waals surface area contributed by atoms with Crippen molar-refractivity contribution in [3.05, 3.63) is 152 Å². The van der Waals surface area contributed by atoms with E-state index in [0.29, 0.717) is 0 Å². The molecule has 11 rings (SSSR count). The smallest absolute Gasteiger partial charge is 0.330 e. The zero-order valence-electron chi connectivity index (χ0n) is 24.8. The van der Waals surface area contributed by atoms with Gasteiger partial charge in [-0.2, -0.15) is 0 Å². The maximum absolute atomic E-state index is 2.61. The lowest BCUT2D eigenvalue weighted by Crippen LogP contribution is -2.59. The van der Waals surface area contributed by atoms with Gasteiger partial charge in [-0.25, -0.2) is 0 Å². The highest BCUT2D eigenvalue weighted by Crippen LogP contribution is 2.49. The van der Waals surface area contributed by atoms with Crippen molar-refractivity contribution in [3.63, 3.8) is 0 Å². The average molecular weight is 601 g/mol. The number of aromatic nitrogens is 1. The van der Waals surface area contributed by atoms with Crippen LogP contribution >= 0.6 is 11.3 Å². The van der Waals surface area contributed by atoms with Gasteiger partial charge >= 0.3 is 6.85 Å². The Morgan fingerprint density at radius 2 is 1.04 bits per heavy atom. The Hall–Kier alpha value is -5.58. The van der Waals surface area contributed by atoms with E-state index in [1.54, 1.807) is 0 Å². The molecular formula is C42H25BN2S.